The van der Waals surface area contributed by atoms with Gasteiger partial charge in [-0.15, -0.1) is 0 Å². The Labute approximate surface area is 110 Å². The van der Waals surface area contributed by atoms with Gasteiger partial charge in [0.05, 0.1) is 0 Å². The lowest BCUT2D eigenvalue weighted by atomic mass is 9.81. The van der Waals surface area contributed by atoms with E-state index in [0.29, 0.717) is 5.92 Å². The van der Waals surface area contributed by atoms with Gasteiger partial charge in [-0.05, 0) is 24.8 Å². The van der Waals surface area contributed by atoms with Gasteiger partial charge in [0, 0.05) is 5.92 Å². The molecule has 1 saturated carbocycles. The highest BCUT2D eigenvalue weighted by atomic mass is 79.9. The Morgan fingerprint density at radius 3 is 2.65 bits per heavy atom. The number of benzene rings is 1. The maximum absolute atomic E-state index is 11.4. The molecule has 0 radical (unpaired) electrons. The van der Waals surface area contributed by atoms with Crippen LogP contribution < -0.4 is 0 Å². The summed E-state index contributed by atoms with van der Waals surface area (Å²) < 4.78 is 5.52. The largest absolute Gasteiger partial charge is 0.461 e. The molecular formula is C14H17BrO2. The number of carbonyl (C=O) groups is 1. The predicted octanol–water partition coefficient (Wildman–Crippen LogP) is 3.65. The van der Waals surface area contributed by atoms with Crippen molar-refractivity contribution in [3.05, 3.63) is 35.9 Å². The van der Waals surface area contributed by atoms with E-state index in [9.17, 15) is 4.79 Å². The molecule has 1 aliphatic rings. The Kier molecular flexibility index (Phi) is 4.60. The number of alkyl halides is 1. The third kappa shape index (κ3) is 3.32. The lowest BCUT2D eigenvalue weighted by molar-refractivity contribution is -0.148. The van der Waals surface area contributed by atoms with E-state index < -0.39 is 0 Å². The van der Waals surface area contributed by atoms with Gasteiger partial charge in [0.25, 0.3) is 0 Å². The van der Waals surface area contributed by atoms with Crippen LogP contribution in [0, 0.1) is 0 Å². The van der Waals surface area contributed by atoms with E-state index >= 15 is 0 Å². The van der Waals surface area contributed by atoms with Crippen LogP contribution in [0.2, 0.25) is 0 Å². The van der Waals surface area contributed by atoms with E-state index in [-0.39, 0.29) is 17.4 Å². The van der Waals surface area contributed by atoms with Gasteiger partial charge in [-0.2, -0.15) is 0 Å². The van der Waals surface area contributed by atoms with Crippen molar-refractivity contribution in [2.75, 3.05) is 5.33 Å². The minimum absolute atomic E-state index is 0.0520. The topological polar surface area (TPSA) is 26.3 Å². The first-order valence-electron chi connectivity index (χ1n) is 6.11. The number of carbonyl (C=O) groups excluding carboxylic acids is 1. The van der Waals surface area contributed by atoms with E-state index in [1.807, 2.05) is 18.2 Å². The molecule has 1 aromatic carbocycles. The number of esters is 1. The summed E-state index contributed by atoms with van der Waals surface area (Å²) in [6.45, 7) is 0. The maximum Gasteiger partial charge on any atom is 0.316 e. The van der Waals surface area contributed by atoms with Crippen molar-refractivity contribution in [2.24, 2.45) is 0 Å². The first-order chi connectivity index (χ1) is 8.31. The Balaban J connectivity index is 2.09. The molecule has 0 aliphatic heterocycles. The molecule has 2 atom stereocenters. The number of rotatable bonds is 3. The summed E-state index contributed by atoms with van der Waals surface area (Å²) in [5, 5.41) is 0.283. The molecule has 0 bridgehead atoms. The summed E-state index contributed by atoms with van der Waals surface area (Å²) in [6.07, 6.45) is 4.53. The summed E-state index contributed by atoms with van der Waals surface area (Å²) in [4.78, 5) is 11.4. The minimum Gasteiger partial charge on any atom is -0.461 e. The van der Waals surface area contributed by atoms with Gasteiger partial charge in [-0.1, -0.05) is 52.7 Å². The summed E-state index contributed by atoms with van der Waals surface area (Å²) >= 11 is 3.14. The second-order valence-electron chi connectivity index (χ2n) is 4.46. The van der Waals surface area contributed by atoms with Crippen LogP contribution in [0.5, 0.6) is 0 Å². The molecule has 0 saturated heterocycles. The Hall–Kier alpha value is -0.830. The quantitative estimate of drug-likeness (QED) is 0.629. The van der Waals surface area contributed by atoms with Gasteiger partial charge in [-0.25, -0.2) is 0 Å². The average molecular weight is 297 g/mol. The fourth-order valence-corrected chi connectivity index (χ4v) is 2.65. The smallest absolute Gasteiger partial charge is 0.316 e. The molecule has 2 rings (SSSR count). The Morgan fingerprint density at radius 1 is 1.24 bits per heavy atom. The van der Waals surface area contributed by atoms with E-state index in [2.05, 4.69) is 28.1 Å². The van der Waals surface area contributed by atoms with Crippen molar-refractivity contribution in [1.82, 2.24) is 0 Å². The zero-order valence-corrected chi connectivity index (χ0v) is 11.4. The van der Waals surface area contributed by atoms with Gasteiger partial charge in [0.15, 0.2) is 0 Å². The van der Waals surface area contributed by atoms with Gasteiger partial charge in [-0.3, -0.25) is 4.79 Å². The maximum atomic E-state index is 11.4. The molecule has 1 fully saturated rings. The lowest BCUT2D eigenvalue weighted by Gasteiger charge is -2.31. The third-order valence-corrected chi connectivity index (χ3v) is 3.78. The van der Waals surface area contributed by atoms with Crippen molar-refractivity contribution in [3.63, 3.8) is 0 Å². The van der Waals surface area contributed by atoms with Crippen LogP contribution in [0.25, 0.3) is 0 Å². The summed E-state index contributed by atoms with van der Waals surface area (Å²) in [7, 11) is 0. The van der Waals surface area contributed by atoms with E-state index in [4.69, 9.17) is 4.74 Å². The Morgan fingerprint density at radius 2 is 1.94 bits per heavy atom. The third-order valence-electron chi connectivity index (χ3n) is 3.32. The van der Waals surface area contributed by atoms with Gasteiger partial charge in [0.1, 0.15) is 11.4 Å². The van der Waals surface area contributed by atoms with Crippen LogP contribution in [-0.4, -0.2) is 17.4 Å². The number of hydrogen-bond acceptors (Lipinski definition) is 2. The zero-order valence-electron chi connectivity index (χ0n) is 9.77. The molecule has 0 heterocycles. The molecule has 92 valence electrons. The van der Waals surface area contributed by atoms with Crippen molar-refractivity contribution in [1.29, 1.82) is 0 Å². The van der Waals surface area contributed by atoms with Crippen LogP contribution in [-0.2, 0) is 9.53 Å². The molecule has 3 heteroatoms. The van der Waals surface area contributed by atoms with Crippen LogP contribution in [0.1, 0.15) is 37.2 Å². The minimum atomic E-state index is -0.155. The molecule has 0 amide bonds. The number of halogens is 1. The standard InChI is InChI=1S/C14H17BrO2/c15-10-14(16)17-13-9-5-4-8-12(13)11-6-2-1-3-7-11/h1-3,6-7,12-13H,4-5,8-10H2/t12-,13+/m1/s1. The van der Waals surface area contributed by atoms with Crippen LogP contribution in [0.3, 0.4) is 0 Å². The lowest BCUT2D eigenvalue weighted by Crippen LogP contribution is -2.29. The summed E-state index contributed by atoms with van der Waals surface area (Å²) in [5.74, 6) is 0.214. The monoisotopic (exact) mass is 296 g/mol. The van der Waals surface area contributed by atoms with Crippen LogP contribution in [0.15, 0.2) is 30.3 Å². The van der Waals surface area contributed by atoms with Crippen LogP contribution in [0.4, 0.5) is 0 Å². The second kappa shape index (κ2) is 6.20. The highest BCUT2D eigenvalue weighted by Gasteiger charge is 2.29. The fraction of sp³-hybridized carbons (Fsp3) is 0.500. The van der Waals surface area contributed by atoms with E-state index in [1.54, 1.807) is 0 Å². The van der Waals surface area contributed by atoms with Gasteiger partial charge >= 0.3 is 5.97 Å². The average Bonchev–Trinajstić information content (AvgIpc) is 2.40. The molecule has 2 nitrogen and oxygen atoms in total. The molecule has 0 unspecified atom stereocenters. The van der Waals surface area contributed by atoms with Crippen molar-refractivity contribution in [2.45, 2.75) is 37.7 Å². The van der Waals surface area contributed by atoms with Crippen LogP contribution >= 0.6 is 15.9 Å². The second-order valence-corrected chi connectivity index (χ2v) is 5.02. The molecule has 0 N–H and O–H groups in total. The van der Waals surface area contributed by atoms with Crippen molar-refractivity contribution in [3.8, 4) is 0 Å². The molecule has 1 aliphatic carbocycles. The normalized spacial score (nSPS) is 24.3. The predicted molar refractivity (Wildman–Crippen MR) is 71.3 cm³/mol. The summed E-state index contributed by atoms with van der Waals surface area (Å²) in [6, 6.07) is 10.4. The van der Waals surface area contributed by atoms with Gasteiger partial charge in [0.2, 0.25) is 0 Å². The van der Waals surface area contributed by atoms with E-state index in [1.165, 1.54) is 12.0 Å². The molecule has 17 heavy (non-hydrogen) atoms. The molecule has 0 spiro atoms. The van der Waals surface area contributed by atoms with Crippen molar-refractivity contribution < 1.29 is 9.53 Å². The zero-order chi connectivity index (χ0) is 12.1. The fourth-order valence-electron chi connectivity index (χ4n) is 2.52. The number of hydrogen-bond donors (Lipinski definition) is 0. The summed E-state index contributed by atoms with van der Waals surface area (Å²) in [5.41, 5.74) is 1.29. The molecular weight excluding hydrogens is 280 g/mol. The van der Waals surface area contributed by atoms with E-state index in [0.717, 1.165) is 19.3 Å². The Bertz CT molecular complexity index is 364. The molecule has 1 aromatic rings. The highest BCUT2D eigenvalue weighted by Crippen LogP contribution is 2.34. The first-order valence-corrected chi connectivity index (χ1v) is 7.24. The number of ether oxygens (including phenoxy) is 1. The molecule has 0 aromatic heterocycles. The van der Waals surface area contributed by atoms with Crippen molar-refractivity contribution >= 4 is 21.9 Å². The first kappa shape index (κ1) is 12.6. The van der Waals surface area contributed by atoms with Gasteiger partial charge < -0.3 is 4.74 Å². The highest BCUT2D eigenvalue weighted by molar-refractivity contribution is 9.09. The SMILES string of the molecule is O=C(CBr)O[C@H]1CCCC[C@@H]1c1ccccc1.